The van der Waals surface area contributed by atoms with Crippen molar-refractivity contribution in [3.63, 3.8) is 0 Å². The van der Waals surface area contributed by atoms with Crippen molar-refractivity contribution in [1.29, 1.82) is 0 Å². The lowest BCUT2D eigenvalue weighted by molar-refractivity contribution is 0.143. The van der Waals surface area contributed by atoms with E-state index in [9.17, 15) is 5.11 Å². The Hall–Kier alpha value is -0.0800. The van der Waals surface area contributed by atoms with E-state index in [0.717, 1.165) is 6.42 Å². The Morgan fingerprint density at radius 2 is 2.17 bits per heavy atom. The molecule has 2 nitrogen and oxygen atoms in total. The smallest absolute Gasteiger partial charge is 0.0613 e. The molecule has 0 bridgehead atoms. The number of aliphatic hydroxyl groups excluding tert-OH is 1. The fourth-order valence-corrected chi connectivity index (χ4v) is 1.68. The molecule has 72 valence electrons. The number of nitrogens with one attached hydrogen (secondary N) is 1. The van der Waals surface area contributed by atoms with Crippen molar-refractivity contribution < 1.29 is 5.11 Å². The minimum atomic E-state index is -0.0184. The molecule has 0 radical (unpaired) electrons. The highest BCUT2D eigenvalue weighted by molar-refractivity contribution is 4.98. The molecule has 1 rings (SSSR count). The predicted molar refractivity (Wildman–Crippen MR) is 51.1 cm³/mol. The fourth-order valence-electron chi connectivity index (χ4n) is 1.68. The third-order valence-electron chi connectivity index (χ3n) is 3.00. The summed E-state index contributed by atoms with van der Waals surface area (Å²) in [7, 11) is 0. The molecular formula is C10H21NO. The van der Waals surface area contributed by atoms with Crippen molar-refractivity contribution in [3.8, 4) is 0 Å². The maximum Gasteiger partial charge on any atom is 0.0613 e. The summed E-state index contributed by atoms with van der Waals surface area (Å²) in [5.74, 6) is 0.705. The van der Waals surface area contributed by atoms with Crippen LogP contribution in [-0.4, -0.2) is 23.3 Å². The van der Waals surface area contributed by atoms with Crippen molar-refractivity contribution in [2.75, 3.05) is 6.61 Å². The van der Waals surface area contributed by atoms with Gasteiger partial charge in [0.05, 0.1) is 6.61 Å². The molecule has 2 unspecified atom stereocenters. The van der Waals surface area contributed by atoms with Crippen molar-refractivity contribution in [2.24, 2.45) is 5.92 Å². The van der Waals surface area contributed by atoms with Crippen LogP contribution >= 0.6 is 0 Å². The predicted octanol–water partition coefficient (Wildman–Crippen LogP) is 1.54. The van der Waals surface area contributed by atoms with Crippen LogP contribution in [-0.2, 0) is 0 Å². The van der Waals surface area contributed by atoms with Crippen LogP contribution in [0, 0.1) is 5.92 Å². The second-order valence-corrected chi connectivity index (χ2v) is 4.30. The Morgan fingerprint density at radius 1 is 1.58 bits per heavy atom. The molecule has 12 heavy (non-hydrogen) atoms. The van der Waals surface area contributed by atoms with Crippen LogP contribution < -0.4 is 5.32 Å². The zero-order chi connectivity index (χ0) is 9.19. The van der Waals surface area contributed by atoms with E-state index in [1.165, 1.54) is 12.8 Å². The average molecular weight is 171 g/mol. The number of hydrogen-bond donors (Lipinski definition) is 2. The zero-order valence-corrected chi connectivity index (χ0v) is 8.43. The standard InChI is InChI=1S/C10H21NO/c1-4-8(2)11-10(3,7-12)9-5-6-9/h8-9,11-12H,4-7H2,1-3H3. The number of aliphatic hydroxyl groups is 1. The zero-order valence-electron chi connectivity index (χ0n) is 8.43. The Balaban J connectivity index is 2.42. The van der Waals surface area contributed by atoms with E-state index in [-0.39, 0.29) is 12.1 Å². The average Bonchev–Trinajstić information content (AvgIpc) is 2.86. The van der Waals surface area contributed by atoms with Crippen LogP contribution in [0.5, 0.6) is 0 Å². The Kier molecular flexibility index (Phi) is 3.13. The van der Waals surface area contributed by atoms with Gasteiger partial charge in [0.25, 0.3) is 0 Å². The summed E-state index contributed by atoms with van der Waals surface area (Å²) in [5.41, 5.74) is -0.0184. The van der Waals surface area contributed by atoms with Gasteiger partial charge in [0.15, 0.2) is 0 Å². The summed E-state index contributed by atoms with van der Waals surface area (Å²) < 4.78 is 0. The highest BCUT2D eigenvalue weighted by atomic mass is 16.3. The molecule has 2 N–H and O–H groups in total. The molecule has 0 spiro atoms. The van der Waals surface area contributed by atoms with Gasteiger partial charge in [-0.15, -0.1) is 0 Å². The third-order valence-corrected chi connectivity index (χ3v) is 3.00. The van der Waals surface area contributed by atoms with E-state index in [4.69, 9.17) is 0 Å². The topological polar surface area (TPSA) is 32.3 Å². The molecule has 0 aromatic rings. The van der Waals surface area contributed by atoms with Crippen LogP contribution in [0.3, 0.4) is 0 Å². The van der Waals surface area contributed by atoms with Crippen LogP contribution in [0.25, 0.3) is 0 Å². The van der Waals surface area contributed by atoms with Crippen LogP contribution in [0.1, 0.15) is 40.0 Å². The van der Waals surface area contributed by atoms with Crippen LogP contribution in [0.15, 0.2) is 0 Å². The van der Waals surface area contributed by atoms with E-state index < -0.39 is 0 Å². The van der Waals surface area contributed by atoms with Gasteiger partial charge in [0.1, 0.15) is 0 Å². The summed E-state index contributed by atoms with van der Waals surface area (Å²) >= 11 is 0. The molecule has 2 heteroatoms. The van der Waals surface area contributed by atoms with Gasteiger partial charge in [-0.3, -0.25) is 0 Å². The Bertz CT molecular complexity index is 145. The molecule has 0 amide bonds. The maximum atomic E-state index is 9.28. The van der Waals surface area contributed by atoms with Crippen molar-refractivity contribution in [2.45, 2.75) is 51.6 Å². The van der Waals surface area contributed by atoms with E-state index in [2.05, 4.69) is 26.1 Å². The molecule has 1 aliphatic rings. The van der Waals surface area contributed by atoms with E-state index in [0.29, 0.717) is 12.0 Å². The molecule has 0 saturated heterocycles. The first-order valence-corrected chi connectivity index (χ1v) is 5.01. The van der Waals surface area contributed by atoms with Crippen LogP contribution in [0.2, 0.25) is 0 Å². The lowest BCUT2D eigenvalue weighted by Gasteiger charge is -2.32. The van der Waals surface area contributed by atoms with E-state index in [1.54, 1.807) is 0 Å². The van der Waals surface area contributed by atoms with Gasteiger partial charge in [-0.25, -0.2) is 0 Å². The molecule has 1 aliphatic carbocycles. The fraction of sp³-hybridized carbons (Fsp3) is 1.00. The van der Waals surface area contributed by atoms with Gasteiger partial charge in [0.2, 0.25) is 0 Å². The summed E-state index contributed by atoms with van der Waals surface area (Å²) in [5, 5.41) is 12.8. The van der Waals surface area contributed by atoms with Gasteiger partial charge < -0.3 is 10.4 Å². The molecular weight excluding hydrogens is 150 g/mol. The lowest BCUT2D eigenvalue weighted by Crippen LogP contribution is -2.51. The molecule has 1 saturated carbocycles. The largest absolute Gasteiger partial charge is 0.394 e. The number of hydrogen-bond acceptors (Lipinski definition) is 2. The van der Waals surface area contributed by atoms with Crippen LogP contribution in [0.4, 0.5) is 0 Å². The van der Waals surface area contributed by atoms with Gasteiger partial charge in [-0.2, -0.15) is 0 Å². The summed E-state index contributed by atoms with van der Waals surface area (Å²) in [6.45, 7) is 6.75. The quantitative estimate of drug-likeness (QED) is 0.657. The normalized spacial score (nSPS) is 25.0. The van der Waals surface area contributed by atoms with Gasteiger partial charge >= 0.3 is 0 Å². The molecule has 2 atom stereocenters. The van der Waals surface area contributed by atoms with Crippen molar-refractivity contribution in [1.82, 2.24) is 5.32 Å². The lowest BCUT2D eigenvalue weighted by atomic mass is 9.95. The first kappa shape index (κ1) is 10.0. The molecule has 0 heterocycles. The Labute approximate surface area is 75.4 Å². The van der Waals surface area contributed by atoms with Gasteiger partial charge in [0, 0.05) is 11.6 Å². The first-order chi connectivity index (χ1) is 5.62. The monoisotopic (exact) mass is 171 g/mol. The minimum Gasteiger partial charge on any atom is -0.394 e. The highest BCUT2D eigenvalue weighted by Gasteiger charge is 2.41. The van der Waals surface area contributed by atoms with E-state index in [1.807, 2.05) is 0 Å². The van der Waals surface area contributed by atoms with Crippen molar-refractivity contribution >= 4 is 0 Å². The maximum absolute atomic E-state index is 9.28. The van der Waals surface area contributed by atoms with Gasteiger partial charge in [-0.1, -0.05) is 6.92 Å². The SMILES string of the molecule is CCC(C)NC(C)(CO)C1CC1. The molecule has 1 fully saturated rings. The van der Waals surface area contributed by atoms with Gasteiger partial charge in [-0.05, 0) is 39.0 Å². The molecule has 0 aromatic carbocycles. The molecule has 0 aromatic heterocycles. The highest BCUT2D eigenvalue weighted by Crippen LogP contribution is 2.39. The Morgan fingerprint density at radius 3 is 2.50 bits per heavy atom. The minimum absolute atomic E-state index is 0.0184. The summed E-state index contributed by atoms with van der Waals surface area (Å²) in [6.07, 6.45) is 3.68. The first-order valence-electron chi connectivity index (χ1n) is 5.01. The second kappa shape index (κ2) is 3.75. The van der Waals surface area contributed by atoms with Crippen molar-refractivity contribution in [3.05, 3.63) is 0 Å². The second-order valence-electron chi connectivity index (χ2n) is 4.30. The summed E-state index contributed by atoms with van der Waals surface area (Å²) in [6, 6.07) is 0.516. The third kappa shape index (κ3) is 2.20. The molecule has 0 aliphatic heterocycles. The number of rotatable bonds is 5. The summed E-state index contributed by atoms with van der Waals surface area (Å²) in [4.78, 5) is 0. The van der Waals surface area contributed by atoms with E-state index >= 15 is 0 Å².